The van der Waals surface area contributed by atoms with Crippen LogP contribution in [0.5, 0.6) is 0 Å². The number of nitrogens with zero attached hydrogens (tertiary/aromatic N) is 3. The van der Waals surface area contributed by atoms with E-state index in [2.05, 4.69) is 64.4 Å². The molecule has 0 aliphatic carbocycles. The topological polar surface area (TPSA) is 58.1 Å². The highest BCUT2D eigenvalue weighted by Crippen LogP contribution is 2.26. The second-order valence-corrected chi connectivity index (χ2v) is 8.20. The number of hydrogen-bond donors (Lipinski definition) is 1. The van der Waals surface area contributed by atoms with Gasteiger partial charge in [-0.2, -0.15) is 0 Å². The second kappa shape index (κ2) is 8.66. The van der Waals surface area contributed by atoms with Crippen molar-refractivity contribution in [3.8, 4) is 11.3 Å². The normalized spacial score (nSPS) is 14.6. The number of carbonyl (C=O) groups is 1. The van der Waals surface area contributed by atoms with Crippen LogP contribution >= 0.6 is 0 Å². The molecule has 1 aliphatic heterocycles. The van der Waals surface area contributed by atoms with Crippen molar-refractivity contribution in [2.24, 2.45) is 5.92 Å². The third-order valence-corrected chi connectivity index (χ3v) is 5.83. The predicted molar refractivity (Wildman–Crippen MR) is 122 cm³/mol. The molecule has 154 valence electrons. The lowest BCUT2D eigenvalue weighted by Crippen LogP contribution is -2.38. The number of amides is 1. The summed E-state index contributed by atoms with van der Waals surface area (Å²) < 4.78 is 0. The third kappa shape index (κ3) is 4.51. The summed E-state index contributed by atoms with van der Waals surface area (Å²) in [7, 11) is 0. The fourth-order valence-corrected chi connectivity index (χ4v) is 3.96. The Balaban J connectivity index is 1.39. The van der Waals surface area contributed by atoms with Gasteiger partial charge in [-0.05, 0) is 45.2 Å². The number of aryl methyl sites for hydroxylation is 3. The highest BCUT2D eigenvalue weighted by molar-refractivity contribution is 5.93. The van der Waals surface area contributed by atoms with Crippen molar-refractivity contribution in [2.45, 2.75) is 33.6 Å². The average Bonchev–Trinajstić information content (AvgIpc) is 2.76. The van der Waals surface area contributed by atoms with Crippen molar-refractivity contribution >= 4 is 17.4 Å². The van der Waals surface area contributed by atoms with E-state index in [1.54, 1.807) is 6.33 Å². The zero-order chi connectivity index (χ0) is 21.1. The minimum Gasteiger partial charge on any atom is -0.356 e. The van der Waals surface area contributed by atoms with Crippen LogP contribution in [-0.4, -0.2) is 29.0 Å². The lowest BCUT2D eigenvalue weighted by atomic mass is 9.95. The Bertz CT molecular complexity index is 1040. The largest absolute Gasteiger partial charge is 0.356 e. The molecule has 0 bridgehead atoms. The summed E-state index contributed by atoms with van der Waals surface area (Å²) in [5.74, 6) is 1.07. The van der Waals surface area contributed by atoms with Crippen LogP contribution in [-0.2, 0) is 4.79 Å². The predicted octanol–water partition coefficient (Wildman–Crippen LogP) is 4.92. The summed E-state index contributed by atoms with van der Waals surface area (Å²) in [6.07, 6.45) is 3.27. The van der Waals surface area contributed by atoms with E-state index in [9.17, 15) is 4.79 Å². The summed E-state index contributed by atoms with van der Waals surface area (Å²) >= 11 is 0. The van der Waals surface area contributed by atoms with Gasteiger partial charge in [0.05, 0.1) is 5.69 Å². The molecule has 1 aliphatic rings. The summed E-state index contributed by atoms with van der Waals surface area (Å²) in [6, 6.07) is 16.5. The number of benzene rings is 2. The smallest absolute Gasteiger partial charge is 0.227 e. The van der Waals surface area contributed by atoms with Gasteiger partial charge in [-0.25, -0.2) is 9.97 Å². The molecule has 2 heterocycles. The van der Waals surface area contributed by atoms with Gasteiger partial charge in [0.1, 0.15) is 12.1 Å². The average molecular weight is 401 g/mol. The number of carbonyl (C=O) groups excluding carboxylic acids is 1. The molecular formula is C25H28N4O. The first kappa shape index (κ1) is 20.1. The zero-order valence-corrected chi connectivity index (χ0v) is 17.9. The maximum atomic E-state index is 12.8. The molecule has 1 amide bonds. The molecule has 1 fully saturated rings. The number of aromatic nitrogens is 2. The number of hydrogen-bond acceptors (Lipinski definition) is 4. The van der Waals surface area contributed by atoms with Gasteiger partial charge in [0, 0.05) is 36.3 Å². The van der Waals surface area contributed by atoms with Crippen molar-refractivity contribution in [3.05, 3.63) is 71.5 Å². The lowest BCUT2D eigenvalue weighted by molar-refractivity contribution is -0.120. The minimum atomic E-state index is 0.0281. The second-order valence-electron chi connectivity index (χ2n) is 8.20. The monoisotopic (exact) mass is 400 g/mol. The van der Waals surface area contributed by atoms with Crippen molar-refractivity contribution in [1.82, 2.24) is 9.97 Å². The summed E-state index contributed by atoms with van der Waals surface area (Å²) in [5.41, 5.74) is 6.46. The number of anilines is 2. The highest BCUT2D eigenvalue weighted by Gasteiger charge is 2.26. The molecule has 0 radical (unpaired) electrons. The Hall–Kier alpha value is -3.21. The summed E-state index contributed by atoms with van der Waals surface area (Å²) in [5, 5.41) is 3.11. The molecule has 1 N–H and O–H groups in total. The number of nitrogens with one attached hydrogen (secondary N) is 1. The molecule has 5 heteroatoms. The van der Waals surface area contributed by atoms with Crippen LogP contribution in [0.4, 0.5) is 11.5 Å². The molecular weight excluding hydrogens is 372 g/mol. The Kier molecular flexibility index (Phi) is 5.79. The fraction of sp³-hybridized carbons (Fsp3) is 0.320. The zero-order valence-electron chi connectivity index (χ0n) is 17.9. The van der Waals surface area contributed by atoms with Crippen LogP contribution in [0.15, 0.2) is 54.9 Å². The standard InChI is InChI=1S/C25H28N4O/c1-17-4-7-20(8-5-17)23-15-24(27-16-26-23)29-12-10-21(11-13-29)25(30)28-22-9-6-18(2)14-19(22)3/h4-9,14-16,21H,10-13H2,1-3H3,(H,28,30). The quantitative estimate of drug-likeness (QED) is 0.675. The van der Waals surface area contributed by atoms with Gasteiger partial charge < -0.3 is 10.2 Å². The minimum absolute atomic E-state index is 0.0281. The molecule has 0 saturated carbocycles. The molecule has 5 nitrogen and oxygen atoms in total. The van der Waals surface area contributed by atoms with E-state index >= 15 is 0 Å². The van der Waals surface area contributed by atoms with Crippen molar-refractivity contribution < 1.29 is 4.79 Å². The van der Waals surface area contributed by atoms with Crippen LogP contribution in [0.3, 0.4) is 0 Å². The molecule has 1 saturated heterocycles. The first-order chi connectivity index (χ1) is 14.5. The van der Waals surface area contributed by atoms with Crippen LogP contribution < -0.4 is 10.2 Å². The fourth-order valence-electron chi connectivity index (χ4n) is 3.96. The Morgan fingerprint density at radius 1 is 0.933 bits per heavy atom. The van der Waals surface area contributed by atoms with Crippen LogP contribution in [0.2, 0.25) is 0 Å². The van der Waals surface area contributed by atoms with E-state index in [1.165, 1.54) is 11.1 Å². The number of piperidine rings is 1. The van der Waals surface area contributed by atoms with E-state index in [1.807, 2.05) is 25.1 Å². The van der Waals surface area contributed by atoms with Crippen molar-refractivity contribution in [3.63, 3.8) is 0 Å². The summed E-state index contributed by atoms with van der Waals surface area (Å²) in [4.78, 5) is 23.9. The van der Waals surface area contributed by atoms with E-state index in [0.29, 0.717) is 0 Å². The molecule has 0 atom stereocenters. The van der Waals surface area contributed by atoms with Gasteiger partial charge in [0.15, 0.2) is 0 Å². The molecule has 3 aromatic rings. The molecule has 30 heavy (non-hydrogen) atoms. The first-order valence-electron chi connectivity index (χ1n) is 10.5. The van der Waals surface area contributed by atoms with Gasteiger partial charge >= 0.3 is 0 Å². The van der Waals surface area contributed by atoms with Crippen LogP contribution in [0.25, 0.3) is 11.3 Å². The third-order valence-electron chi connectivity index (χ3n) is 5.83. The Morgan fingerprint density at radius 2 is 1.63 bits per heavy atom. The molecule has 2 aromatic carbocycles. The first-order valence-corrected chi connectivity index (χ1v) is 10.5. The van der Waals surface area contributed by atoms with Gasteiger partial charge in [-0.1, -0.05) is 47.5 Å². The number of rotatable bonds is 4. The van der Waals surface area contributed by atoms with Gasteiger partial charge in [0.2, 0.25) is 5.91 Å². The lowest BCUT2D eigenvalue weighted by Gasteiger charge is -2.32. The molecule has 0 spiro atoms. The van der Waals surface area contributed by atoms with E-state index in [4.69, 9.17) is 0 Å². The highest BCUT2D eigenvalue weighted by atomic mass is 16.1. The van der Waals surface area contributed by atoms with Gasteiger partial charge in [0.25, 0.3) is 0 Å². The molecule has 0 unspecified atom stereocenters. The molecule has 1 aromatic heterocycles. The van der Waals surface area contributed by atoms with Crippen LogP contribution in [0.1, 0.15) is 29.5 Å². The summed E-state index contributed by atoms with van der Waals surface area (Å²) in [6.45, 7) is 7.80. The van der Waals surface area contributed by atoms with E-state index in [0.717, 1.165) is 54.3 Å². The maximum absolute atomic E-state index is 12.8. The van der Waals surface area contributed by atoms with Gasteiger partial charge in [-0.15, -0.1) is 0 Å². The van der Waals surface area contributed by atoms with E-state index in [-0.39, 0.29) is 11.8 Å². The van der Waals surface area contributed by atoms with E-state index < -0.39 is 0 Å². The van der Waals surface area contributed by atoms with Crippen molar-refractivity contribution in [1.29, 1.82) is 0 Å². The van der Waals surface area contributed by atoms with Crippen LogP contribution in [0, 0.1) is 26.7 Å². The Morgan fingerprint density at radius 3 is 2.33 bits per heavy atom. The molecule has 4 rings (SSSR count). The van der Waals surface area contributed by atoms with Gasteiger partial charge in [-0.3, -0.25) is 4.79 Å². The SMILES string of the molecule is Cc1ccc(-c2cc(N3CCC(C(=O)Nc4ccc(C)cc4C)CC3)ncn2)cc1. The van der Waals surface area contributed by atoms with Crippen molar-refractivity contribution in [2.75, 3.05) is 23.3 Å². The Labute approximate surface area is 178 Å². The maximum Gasteiger partial charge on any atom is 0.227 e.